The van der Waals surface area contributed by atoms with E-state index in [1.54, 1.807) is 11.1 Å². The molecule has 2 fully saturated rings. The summed E-state index contributed by atoms with van der Waals surface area (Å²) >= 11 is 0. The zero-order chi connectivity index (χ0) is 35.1. The molecule has 0 atom stereocenters. The van der Waals surface area contributed by atoms with Gasteiger partial charge in [-0.1, -0.05) is 162 Å². The second-order valence-corrected chi connectivity index (χ2v) is 16.2. The Morgan fingerprint density at radius 2 is 0.981 bits per heavy atom. The van der Waals surface area contributed by atoms with Crippen LogP contribution in [-0.2, 0) is 5.41 Å². The first-order chi connectivity index (χ1) is 25.5. The smallest absolute Gasteiger partial charge is 0.0540 e. The molecule has 0 radical (unpaired) electrons. The lowest BCUT2D eigenvalue weighted by atomic mass is 9.78. The van der Waals surface area contributed by atoms with Gasteiger partial charge in [-0.3, -0.25) is 0 Å². The Kier molecular flexibility index (Phi) is 8.83. The van der Waals surface area contributed by atoms with Crippen LogP contribution in [0, 0.1) is 0 Å². The second kappa shape index (κ2) is 13.9. The molecule has 0 saturated heterocycles. The lowest BCUT2D eigenvalue weighted by molar-refractivity contribution is 0.435. The SMILES string of the molecule is CC1(C)c2ccccc2-c2ccc(N(c3ccc(-c4cc(C5CCCCC5)cc(C5CCCCC5)c4)cc3)c3ccccc3-c3ccccc3)cc21. The van der Waals surface area contributed by atoms with E-state index < -0.39 is 0 Å². The highest BCUT2D eigenvalue weighted by Crippen LogP contribution is 2.51. The van der Waals surface area contributed by atoms with E-state index >= 15 is 0 Å². The molecular weight excluding hydrogens is 627 g/mol. The highest BCUT2D eigenvalue weighted by atomic mass is 15.1. The van der Waals surface area contributed by atoms with Crippen LogP contribution in [0.15, 0.2) is 140 Å². The number of nitrogens with zero attached hydrogens (tertiary/aromatic N) is 1. The summed E-state index contributed by atoms with van der Waals surface area (Å²) in [5.41, 5.74) is 17.3. The lowest BCUT2D eigenvalue weighted by Gasteiger charge is -2.30. The Labute approximate surface area is 311 Å². The molecule has 1 nitrogen and oxygen atoms in total. The quantitative estimate of drug-likeness (QED) is 0.163. The third kappa shape index (κ3) is 6.09. The van der Waals surface area contributed by atoms with Gasteiger partial charge in [0.05, 0.1) is 5.69 Å². The van der Waals surface area contributed by atoms with Crippen LogP contribution in [-0.4, -0.2) is 0 Å². The molecule has 6 aromatic carbocycles. The summed E-state index contributed by atoms with van der Waals surface area (Å²) in [4.78, 5) is 2.48. The first-order valence-electron chi connectivity index (χ1n) is 20.0. The van der Waals surface area contributed by atoms with Gasteiger partial charge < -0.3 is 4.90 Å². The number of anilines is 3. The molecule has 0 N–H and O–H groups in total. The fourth-order valence-corrected chi connectivity index (χ4v) is 9.78. The van der Waals surface area contributed by atoms with Gasteiger partial charge in [0.15, 0.2) is 0 Å². The summed E-state index contributed by atoms with van der Waals surface area (Å²) in [7, 11) is 0. The molecule has 260 valence electrons. The topological polar surface area (TPSA) is 3.24 Å². The third-order valence-electron chi connectivity index (χ3n) is 12.6. The summed E-state index contributed by atoms with van der Waals surface area (Å²) in [6.45, 7) is 4.75. The van der Waals surface area contributed by atoms with Gasteiger partial charge in [-0.15, -0.1) is 0 Å². The van der Waals surface area contributed by atoms with Crippen molar-refractivity contribution in [3.8, 4) is 33.4 Å². The fraction of sp³-hybridized carbons (Fsp3) is 0.294. The van der Waals surface area contributed by atoms with Crippen LogP contribution in [0.5, 0.6) is 0 Å². The van der Waals surface area contributed by atoms with Crippen LogP contribution in [0.25, 0.3) is 33.4 Å². The molecule has 0 amide bonds. The Bertz CT molecular complexity index is 2140. The van der Waals surface area contributed by atoms with E-state index in [4.69, 9.17) is 0 Å². The lowest BCUT2D eigenvalue weighted by Crippen LogP contribution is -2.16. The van der Waals surface area contributed by atoms with Crippen LogP contribution in [0.3, 0.4) is 0 Å². The molecule has 2 saturated carbocycles. The third-order valence-corrected chi connectivity index (χ3v) is 12.6. The van der Waals surface area contributed by atoms with Gasteiger partial charge in [-0.05, 0) is 118 Å². The molecule has 0 bridgehead atoms. The minimum Gasteiger partial charge on any atom is -0.310 e. The Balaban J connectivity index is 1.15. The molecule has 0 heterocycles. The van der Waals surface area contributed by atoms with Gasteiger partial charge in [0.25, 0.3) is 0 Å². The molecule has 3 aliphatic carbocycles. The van der Waals surface area contributed by atoms with Crippen molar-refractivity contribution in [2.75, 3.05) is 4.90 Å². The molecule has 52 heavy (non-hydrogen) atoms. The summed E-state index contributed by atoms with van der Waals surface area (Å²) in [6, 6.07) is 53.0. The van der Waals surface area contributed by atoms with Gasteiger partial charge in [-0.2, -0.15) is 0 Å². The summed E-state index contributed by atoms with van der Waals surface area (Å²) in [5.74, 6) is 1.41. The van der Waals surface area contributed by atoms with Crippen LogP contribution in [0.4, 0.5) is 17.1 Å². The highest BCUT2D eigenvalue weighted by molar-refractivity contribution is 5.90. The number of hydrogen-bond donors (Lipinski definition) is 0. The molecule has 1 heteroatoms. The van der Waals surface area contributed by atoms with E-state index in [-0.39, 0.29) is 5.41 Å². The van der Waals surface area contributed by atoms with E-state index in [0.29, 0.717) is 11.8 Å². The van der Waals surface area contributed by atoms with Crippen molar-refractivity contribution in [1.29, 1.82) is 0 Å². The maximum atomic E-state index is 2.61. The number of fused-ring (bicyclic) bond motifs is 3. The Morgan fingerprint density at radius 3 is 1.65 bits per heavy atom. The van der Waals surface area contributed by atoms with Crippen molar-refractivity contribution >= 4 is 17.1 Å². The fourth-order valence-electron chi connectivity index (χ4n) is 9.78. The molecular formula is C51H51N. The summed E-state index contributed by atoms with van der Waals surface area (Å²) < 4.78 is 0. The standard InChI is InChI=1S/C51H51N/c1-51(2)48-24-14-12-23-46(48)47-31-30-44(35-49(47)51)52(50-25-15-13-22-45(50)39-20-10-5-11-21-39)43-28-26-38(27-29-43)42-33-40(36-16-6-3-7-17-36)32-41(34-42)37-18-8-4-9-19-37/h5,10-15,20-37H,3-4,6-9,16-19H2,1-2H3. The van der Waals surface area contributed by atoms with Gasteiger partial charge in [0.1, 0.15) is 0 Å². The average molecular weight is 678 g/mol. The zero-order valence-corrected chi connectivity index (χ0v) is 31.0. The average Bonchev–Trinajstić information content (AvgIpc) is 3.44. The largest absolute Gasteiger partial charge is 0.310 e. The summed E-state index contributed by atoms with van der Waals surface area (Å²) in [6.07, 6.45) is 13.6. The molecule has 0 spiro atoms. The minimum atomic E-state index is -0.0736. The highest BCUT2D eigenvalue weighted by Gasteiger charge is 2.36. The number of benzene rings is 6. The predicted octanol–water partition coefficient (Wildman–Crippen LogP) is 14.9. The minimum absolute atomic E-state index is 0.0736. The predicted molar refractivity (Wildman–Crippen MR) is 221 cm³/mol. The van der Waals surface area contributed by atoms with E-state index in [2.05, 4.69) is 158 Å². The van der Waals surface area contributed by atoms with Crippen molar-refractivity contribution in [3.63, 3.8) is 0 Å². The maximum Gasteiger partial charge on any atom is 0.0540 e. The second-order valence-electron chi connectivity index (χ2n) is 16.2. The van der Waals surface area contributed by atoms with Crippen molar-refractivity contribution in [2.24, 2.45) is 0 Å². The van der Waals surface area contributed by atoms with Crippen LogP contribution in [0.2, 0.25) is 0 Å². The van der Waals surface area contributed by atoms with Gasteiger partial charge in [0.2, 0.25) is 0 Å². The molecule has 9 rings (SSSR count). The molecule has 0 aromatic heterocycles. The van der Waals surface area contributed by atoms with Crippen LogP contribution >= 0.6 is 0 Å². The first kappa shape index (κ1) is 33.0. The van der Waals surface area contributed by atoms with Crippen LogP contribution in [0.1, 0.15) is 112 Å². The van der Waals surface area contributed by atoms with Crippen molar-refractivity contribution in [1.82, 2.24) is 0 Å². The zero-order valence-electron chi connectivity index (χ0n) is 31.0. The van der Waals surface area contributed by atoms with Gasteiger partial charge in [-0.25, -0.2) is 0 Å². The van der Waals surface area contributed by atoms with Gasteiger partial charge >= 0.3 is 0 Å². The molecule has 0 aliphatic heterocycles. The first-order valence-corrected chi connectivity index (χ1v) is 20.0. The van der Waals surface area contributed by atoms with E-state index in [9.17, 15) is 0 Å². The summed E-state index contributed by atoms with van der Waals surface area (Å²) in [5, 5.41) is 0. The number of para-hydroxylation sites is 1. The monoisotopic (exact) mass is 677 g/mol. The maximum absolute atomic E-state index is 2.61. The van der Waals surface area contributed by atoms with E-state index in [0.717, 1.165) is 0 Å². The normalized spacial score (nSPS) is 17.0. The molecule has 3 aliphatic rings. The van der Waals surface area contributed by atoms with Crippen molar-refractivity contribution in [3.05, 3.63) is 162 Å². The Morgan fingerprint density at radius 1 is 0.423 bits per heavy atom. The van der Waals surface area contributed by atoms with Crippen molar-refractivity contribution in [2.45, 2.75) is 95.3 Å². The number of hydrogen-bond acceptors (Lipinski definition) is 1. The van der Waals surface area contributed by atoms with Crippen LogP contribution < -0.4 is 4.90 Å². The Hall–Kier alpha value is -4.88. The molecule has 0 unspecified atom stereocenters. The van der Waals surface area contributed by atoms with Crippen molar-refractivity contribution < 1.29 is 0 Å². The molecule has 6 aromatic rings. The van der Waals surface area contributed by atoms with E-state index in [1.165, 1.54) is 126 Å². The van der Waals surface area contributed by atoms with Gasteiger partial charge in [0, 0.05) is 22.4 Å². The number of rotatable bonds is 7. The van der Waals surface area contributed by atoms with E-state index in [1.807, 2.05) is 0 Å².